The molecule has 10 aromatic rings. The summed E-state index contributed by atoms with van der Waals surface area (Å²) in [4.78, 5) is 27.0. The van der Waals surface area contributed by atoms with E-state index < -0.39 is 0 Å². The molecule has 0 aliphatic carbocycles. The first-order chi connectivity index (χ1) is 25.7. The van der Waals surface area contributed by atoms with Crippen LogP contribution in [0.1, 0.15) is 0 Å². The van der Waals surface area contributed by atoms with Gasteiger partial charge in [0.15, 0.2) is 11.3 Å². The topological polar surface area (TPSA) is 67.7 Å². The van der Waals surface area contributed by atoms with Gasteiger partial charge in [-0.25, -0.2) is 24.9 Å². The van der Waals surface area contributed by atoms with Gasteiger partial charge in [0.1, 0.15) is 4.83 Å². The molecule has 0 aliphatic heterocycles. The third kappa shape index (κ3) is 5.41. The third-order valence-electron chi connectivity index (χ3n) is 9.44. The van der Waals surface area contributed by atoms with Gasteiger partial charge in [0.2, 0.25) is 0 Å². The minimum absolute atomic E-state index is 0.739. The van der Waals surface area contributed by atoms with Crippen LogP contribution in [0.2, 0.25) is 0 Å². The fourth-order valence-corrected chi connectivity index (χ4v) is 7.86. The van der Waals surface area contributed by atoms with E-state index in [1.807, 2.05) is 24.3 Å². The fraction of sp³-hybridized carbons (Fsp3) is 0. The highest BCUT2D eigenvalue weighted by atomic mass is 32.1. The zero-order chi connectivity index (χ0) is 34.4. The molecule has 0 atom stereocenters. The van der Waals surface area contributed by atoms with Crippen molar-refractivity contribution in [2.24, 2.45) is 0 Å². The van der Waals surface area contributed by atoms with Crippen LogP contribution < -0.4 is 4.90 Å². The van der Waals surface area contributed by atoms with Gasteiger partial charge in [-0.05, 0) is 103 Å². The van der Waals surface area contributed by atoms with Gasteiger partial charge in [-0.15, -0.1) is 11.3 Å². The Morgan fingerprint density at radius 1 is 0.385 bits per heavy atom. The number of hydrogen-bond acceptors (Lipinski definition) is 7. The summed E-state index contributed by atoms with van der Waals surface area (Å²) in [6, 6.07) is 54.7. The lowest BCUT2D eigenvalue weighted by atomic mass is 10.1. The SMILES string of the molecule is c1cnc2nc(-c3ccc(N(c4ccc(-c5ccc6cccnc6n5)cc4)c4ccc(-c5ccc6c(n5)sc5ccccc56)cc4)cc3)ccc2c1. The van der Waals surface area contributed by atoms with Crippen molar-refractivity contribution in [3.05, 3.63) is 170 Å². The molecule has 52 heavy (non-hydrogen) atoms. The van der Waals surface area contributed by atoms with Crippen LogP contribution in [0.4, 0.5) is 17.1 Å². The summed E-state index contributed by atoms with van der Waals surface area (Å²) < 4.78 is 1.26. The molecule has 6 heterocycles. The van der Waals surface area contributed by atoms with E-state index in [1.54, 1.807) is 23.7 Å². The summed E-state index contributed by atoms with van der Waals surface area (Å²) in [5.74, 6) is 0. The molecule has 6 nitrogen and oxygen atoms in total. The standard InChI is InChI=1S/C45H28N6S/c1-2-8-42-37(7-1)38-23-26-41(50-45(38)52-42)31-13-21-36(22-14-31)51(34-17-9-29(10-18-34)39-24-15-32-5-3-27-46-43(32)48-39)35-19-11-30(12-20-35)40-25-16-33-6-4-28-47-44(33)49-40/h1-28H. The van der Waals surface area contributed by atoms with Crippen LogP contribution in [-0.2, 0) is 0 Å². The van der Waals surface area contributed by atoms with E-state index in [4.69, 9.17) is 15.0 Å². The molecule has 244 valence electrons. The summed E-state index contributed by atoms with van der Waals surface area (Å²) in [5, 5.41) is 4.50. The quantitative estimate of drug-likeness (QED) is 0.174. The van der Waals surface area contributed by atoms with Crippen molar-refractivity contribution in [3.63, 3.8) is 0 Å². The summed E-state index contributed by atoms with van der Waals surface area (Å²) in [7, 11) is 0. The van der Waals surface area contributed by atoms with Crippen LogP contribution in [0.25, 0.3) is 76.1 Å². The maximum Gasteiger partial charge on any atom is 0.159 e. The Bertz CT molecular complexity index is 2780. The lowest BCUT2D eigenvalue weighted by molar-refractivity contribution is 1.27. The second-order valence-electron chi connectivity index (χ2n) is 12.6. The predicted molar refractivity (Wildman–Crippen MR) is 214 cm³/mol. The molecule has 0 radical (unpaired) electrons. The van der Waals surface area contributed by atoms with Crippen LogP contribution in [0.3, 0.4) is 0 Å². The summed E-state index contributed by atoms with van der Waals surface area (Å²) in [6.07, 6.45) is 3.56. The maximum absolute atomic E-state index is 5.07. The normalized spacial score (nSPS) is 11.5. The third-order valence-corrected chi connectivity index (χ3v) is 10.5. The van der Waals surface area contributed by atoms with E-state index in [0.717, 1.165) is 77.7 Å². The first-order valence-corrected chi connectivity index (χ1v) is 17.9. The van der Waals surface area contributed by atoms with Crippen LogP contribution in [0, 0.1) is 0 Å². The molecule has 0 amide bonds. The molecule has 0 saturated carbocycles. The summed E-state index contributed by atoms with van der Waals surface area (Å²) in [5.41, 5.74) is 10.4. The number of pyridine rings is 5. The van der Waals surface area contributed by atoms with Crippen molar-refractivity contribution in [1.82, 2.24) is 24.9 Å². The minimum atomic E-state index is 0.739. The highest BCUT2D eigenvalue weighted by Gasteiger charge is 2.15. The van der Waals surface area contributed by atoms with E-state index in [0.29, 0.717) is 0 Å². The van der Waals surface area contributed by atoms with Crippen LogP contribution in [0.5, 0.6) is 0 Å². The number of rotatable bonds is 6. The first-order valence-electron chi connectivity index (χ1n) is 17.1. The molecule has 0 aliphatic rings. The van der Waals surface area contributed by atoms with Gasteiger partial charge < -0.3 is 4.90 Å². The molecule has 0 bridgehead atoms. The van der Waals surface area contributed by atoms with Gasteiger partial charge in [-0.2, -0.15) is 0 Å². The second-order valence-corrected chi connectivity index (χ2v) is 13.6. The van der Waals surface area contributed by atoms with Crippen molar-refractivity contribution in [2.75, 3.05) is 4.90 Å². The molecule has 7 heteroatoms. The number of nitrogens with zero attached hydrogens (tertiary/aromatic N) is 6. The highest BCUT2D eigenvalue weighted by molar-refractivity contribution is 7.25. The van der Waals surface area contributed by atoms with Crippen LogP contribution >= 0.6 is 11.3 Å². The van der Waals surface area contributed by atoms with Gasteiger partial charge in [-0.3, -0.25) is 0 Å². The molecule has 0 N–H and O–H groups in total. The van der Waals surface area contributed by atoms with Crippen molar-refractivity contribution >= 4 is 70.8 Å². The Labute approximate surface area is 303 Å². The van der Waals surface area contributed by atoms with Gasteiger partial charge in [0.25, 0.3) is 0 Å². The second kappa shape index (κ2) is 12.5. The van der Waals surface area contributed by atoms with E-state index in [1.165, 1.54) is 15.5 Å². The molecule has 10 rings (SSSR count). The monoisotopic (exact) mass is 684 g/mol. The molecule has 0 fully saturated rings. The van der Waals surface area contributed by atoms with Crippen molar-refractivity contribution in [1.29, 1.82) is 0 Å². The number of anilines is 3. The Balaban J connectivity index is 1.02. The lowest BCUT2D eigenvalue weighted by Crippen LogP contribution is -2.10. The Morgan fingerprint density at radius 2 is 0.865 bits per heavy atom. The Morgan fingerprint density at radius 3 is 1.40 bits per heavy atom. The zero-order valence-electron chi connectivity index (χ0n) is 27.8. The zero-order valence-corrected chi connectivity index (χ0v) is 28.6. The number of thiophene rings is 1. The fourth-order valence-electron chi connectivity index (χ4n) is 6.78. The van der Waals surface area contributed by atoms with E-state index in [2.05, 4.69) is 148 Å². The molecule has 4 aromatic carbocycles. The molecule has 6 aromatic heterocycles. The molecule has 0 saturated heterocycles. The van der Waals surface area contributed by atoms with Crippen molar-refractivity contribution in [2.45, 2.75) is 0 Å². The van der Waals surface area contributed by atoms with E-state index in [9.17, 15) is 0 Å². The average Bonchev–Trinajstić information content (AvgIpc) is 3.59. The summed E-state index contributed by atoms with van der Waals surface area (Å²) >= 11 is 1.74. The number of benzene rings is 4. The highest BCUT2D eigenvalue weighted by Crippen LogP contribution is 2.38. The van der Waals surface area contributed by atoms with E-state index in [-0.39, 0.29) is 0 Å². The number of hydrogen-bond donors (Lipinski definition) is 0. The Hall–Kier alpha value is -6.83. The number of fused-ring (bicyclic) bond motifs is 5. The van der Waals surface area contributed by atoms with Gasteiger partial charge in [0, 0.05) is 72.4 Å². The van der Waals surface area contributed by atoms with Crippen molar-refractivity contribution < 1.29 is 0 Å². The molecule has 0 spiro atoms. The van der Waals surface area contributed by atoms with Crippen LogP contribution in [-0.4, -0.2) is 24.9 Å². The van der Waals surface area contributed by atoms with Crippen molar-refractivity contribution in [3.8, 4) is 33.8 Å². The lowest BCUT2D eigenvalue weighted by Gasteiger charge is -2.26. The molecular weight excluding hydrogens is 657 g/mol. The maximum atomic E-state index is 5.07. The van der Waals surface area contributed by atoms with Gasteiger partial charge >= 0.3 is 0 Å². The predicted octanol–water partition coefficient (Wildman–Crippen LogP) is 11.8. The van der Waals surface area contributed by atoms with Gasteiger partial charge in [-0.1, -0.05) is 54.6 Å². The first kappa shape index (κ1) is 30.0. The molecular formula is C45H28N6S. The summed E-state index contributed by atoms with van der Waals surface area (Å²) in [6.45, 7) is 0. The van der Waals surface area contributed by atoms with E-state index >= 15 is 0 Å². The largest absolute Gasteiger partial charge is 0.311 e. The number of aromatic nitrogens is 5. The average molecular weight is 685 g/mol. The Kier molecular flexibility index (Phi) is 7.22. The van der Waals surface area contributed by atoms with Gasteiger partial charge in [0.05, 0.1) is 17.1 Å². The molecule has 0 unspecified atom stereocenters. The minimum Gasteiger partial charge on any atom is -0.311 e. The smallest absolute Gasteiger partial charge is 0.159 e. The van der Waals surface area contributed by atoms with Crippen LogP contribution in [0.15, 0.2) is 170 Å².